The summed E-state index contributed by atoms with van der Waals surface area (Å²) in [6.45, 7) is 0.628. The third-order valence-corrected chi connectivity index (χ3v) is 4.97. The molecule has 1 saturated carbocycles. The summed E-state index contributed by atoms with van der Waals surface area (Å²) in [5.74, 6) is 0.389. The maximum Gasteiger partial charge on any atom is 0.317 e. The largest absolute Gasteiger partial charge is 0.396 e. The summed E-state index contributed by atoms with van der Waals surface area (Å²) in [6, 6.07) is 5.39. The van der Waals surface area contributed by atoms with Crippen LogP contribution < -0.4 is 5.32 Å². The zero-order valence-corrected chi connectivity index (χ0v) is 14.2. The van der Waals surface area contributed by atoms with Gasteiger partial charge in [0.25, 0.3) is 0 Å². The lowest BCUT2D eigenvalue weighted by molar-refractivity contribution is 0.134. The number of halogens is 2. The quantitative estimate of drug-likeness (QED) is 0.875. The third kappa shape index (κ3) is 4.51. The van der Waals surface area contributed by atoms with Crippen LogP contribution in [0.1, 0.15) is 31.2 Å². The van der Waals surface area contributed by atoms with Gasteiger partial charge in [-0.1, -0.05) is 29.3 Å². The van der Waals surface area contributed by atoms with Crippen LogP contribution >= 0.6 is 23.2 Å². The number of aliphatic hydroxyl groups is 1. The molecule has 1 aromatic carbocycles. The smallest absolute Gasteiger partial charge is 0.317 e. The van der Waals surface area contributed by atoms with Crippen molar-refractivity contribution in [2.24, 2.45) is 5.92 Å². The first kappa shape index (κ1) is 17.4. The average Bonchev–Trinajstić information content (AvgIpc) is 2.53. The van der Waals surface area contributed by atoms with Crippen molar-refractivity contribution in [3.05, 3.63) is 33.8 Å². The first-order valence-corrected chi connectivity index (χ1v) is 8.32. The highest BCUT2D eigenvalue weighted by atomic mass is 35.5. The van der Waals surface area contributed by atoms with E-state index >= 15 is 0 Å². The van der Waals surface area contributed by atoms with E-state index in [0.29, 0.717) is 22.5 Å². The Labute approximate surface area is 141 Å². The van der Waals surface area contributed by atoms with Crippen LogP contribution in [0.4, 0.5) is 4.79 Å². The third-order valence-electron chi connectivity index (χ3n) is 4.39. The fourth-order valence-electron chi connectivity index (χ4n) is 2.84. The molecule has 2 rings (SSSR count). The maximum absolute atomic E-state index is 12.2. The summed E-state index contributed by atoms with van der Waals surface area (Å²) in [5, 5.41) is 13.2. The SMILES string of the molecule is CN(C(=O)NCc1ccc(Cl)cc1Cl)C1CCC(CO)CC1. The number of nitrogens with zero attached hydrogens (tertiary/aromatic N) is 1. The van der Waals surface area contributed by atoms with Crippen LogP contribution in [0.3, 0.4) is 0 Å². The van der Waals surface area contributed by atoms with E-state index in [1.807, 2.05) is 13.1 Å². The van der Waals surface area contributed by atoms with Gasteiger partial charge in [0.15, 0.2) is 0 Å². The van der Waals surface area contributed by atoms with E-state index in [-0.39, 0.29) is 18.7 Å². The van der Waals surface area contributed by atoms with Crippen LogP contribution in [0.15, 0.2) is 18.2 Å². The van der Waals surface area contributed by atoms with Gasteiger partial charge in [-0.3, -0.25) is 0 Å². The van der Waals surface area contributed by atoms with Gasteiger partial charge in [-0.2, -0.15) is 0 Å². The number of rotatable bonds is 4. The number of aliphatic hydroxyl groups excluding tert-OH is 1. The van der Waals surface area contributed by atoms with E-state index in [0.717, 1.165) is 31.2 Å². The molecule has 0 atom stereocenters. The lowest BCUT2D eigenvalue weighted by Crippen LogP contribution is -2.45. The Hall–Kier alpha value is -0.970. The molecule has 122 valence electrons. The molecular weight excluding hydrogens is 323 g/mol. The van der Waals surface area contributed by atoms with E-state index in [1.54, 1.807) is 17.0 Å². The Morgan fingerprint density at radius 3 is 2.59 bits per heavy atom. The highest BCUT2D eigenvalue weighted by Crippen LogP contribution is 2.26. The van der Waals surface area contributed by atoms with E-state index in [2.05, 4.69) is 5.32 Å². The Morgan fingerprint density at radius 2 is 2.00 bits per heavy atom. The molecule has 4 nitrogen and oxygen atoms in total. The molecule has 22 heavy (non-hydrogen) atoms. The minimum Gasteiger partial charge on any atom is -0.396 e. The summed E-state index contributed by atoms with van der Waals surface area (Å²) in [7, 11) is 1.82. The molecule has 1 aromatic rings. The van der Waals surface area contributed by atoms with E-state index in [9.17, 15) is 4.79 Å². The molecular formula is C16H22Cl2N2O2. The van der Waals surface area contributed by atoms with Crippen LogP contribution in [-0.2, 0) is 6.54 Å². The Bertz CT molecular complexity index is 517. The second kappa shape index (κ2) is 8.04. The molecule has 0 spiro atoms. The monoisotopic (exact) mass is 344 g/mol. The van der Waals surface area contributed by atoms with Crippen molar-refractivity contribution in [1.82, 2.24) is 10.2 Å². The second-order valence-electron chi connectivity index (χ2n) is 5.86. The number of nitrogens with one attached hydrogen (secondary N) is 1. The first-order chi connectivity index (χ1) is 10.5. The summed E-state index contributed by atoms with van der Waals surface area (Å²) < 4.78 is 0. The molecule has 0 saturated heterocycles. The van der Waals surface area contributed by atoms with E-state index in [1.165, 1.54) is 0 Å². The van der Waals surface area contributed by atoms with Crippen LogP contribution in [0.25, 0.3) is 0 Å². The second-order valence-corrected chi connectivity index (χ2v) is 6.71. The molecule has 0 aliphatic heterocycles. The van der Waals surface area contributed by atoms with Gasteiger partial charge in [0.1, 0.15) is 0 Å². The minimum atomic E-state index is -0.0986. The Morgan fingerprint density at radius 1 is 1.32 bits per heavy atom. The lowest BCUT2D eigenvalue weighted by atomic mass is 9.86. The molecule has 0 aromatic heterocycles. The minimum absolute atomic E-state index is 0.0986. The van der Waals surface area contributed by atoms with Gasteiger partial charge in [0, 0.05) is 36.3 Å². The van der Waals surface area contributed by atoms with Gasteiger partial charge in [-0.05, 0) is 49.3 Å². The van der Waals surface area contributed by atoms with Gasteiger partial charge in [0.2, 0.25) is 0 Å². The summed E-state index contributed by atoms with van der Waals surface area (Å²) in [4.78, 5) is 14.0. The van der Waals surface area contributed by atoms with E-state index in [4.69, 9.17) is 28.3 Å². The number of carbonyl (C=O) groups is 1. The van der Waals surface area contributed by atoms with Crippen molar-refractivity contribution in [2.45, 2.75) is 38.3 Å². The van der Waals surface area contributed by atoms with Crippen LogP contribution in [0.2, 0.25) is 10.0 Å². The molecule has 0 radical (unpaired) electrons. The fraction of sp³-hybridized carbons (Fsp3) is 0.562. The maximum atomic E-state index is 12.2. The van der Waals surface area contributed by atoms with Crippen molar-refractivity contribution in [2.75, 3.05) is 13.7 Å². The van der Waals surface area contributed by atoms with Crippen molar-refractivity contribution < 1.29 is 9.90 Å². The summed E-state index contributed by atoms with van der Waals surface area (Å²) in [6.07, 6.45) is 3.83. The number of benzene rings is 1. The normalized spacial score (nSPS) is 21.5. The molecule has 0 heterocycles. The number of urea groups is 1. The standard InChI is InChI=1S/C16H22Cl2N2O2/c1-20(14-6-2-11(10-21)3-7-14)16(22)19-9-12-4-5-13(17)8-15(12)18/h4-5,8,11,14,21H,2-3,6-7,9-10H2,1H3,(H,19,22). The van der Waals surface area contributed by atoms with Gasteiger partial charge >= 0.3 is 6.03 Å². The van der Waals surface area contributed by atoms with Crippen molar-refractivity contribution in [3.8, 4) is 0 Å². The Balaban J connectivity index is 1.84. The topological polar surface area (TPSA) is 52.6 Å². The van der Waals surface area contributed by atoms with Crippen molar-refractivity contribution in [1.29, 1.82) is 0 Å². The van der Waals surface area contributed by atoms with Crippen molar-refractivity contribution in [3.63, 3.8) is 0 Å². The molecule has 6 heteroatoms. The molecule has 0 bridgehead atoms. The van der Waals surface area contributed by atoms with Crippen LogP contribution in [0.5, 0.6) is 0 Å². The first-order valence-electron chi connectivity index (χ1n) is 7.56. The van der Waals surface area contributed by atoms with Crippen LogP contribution in [0, 0.1) is 5.92 Å². The predicted octanol–water partition coefficient (Wildman–Crippen LogP) is 3.69. The number of carbonyl (C=O) groups excluding carboxylic acids is 1. The lowest BCUT2D eigenvalue weighted by Gasteiger charge is -2.34. The number of hydrogen-bond donors (Lipinski definition) is 2. The Kier molecular flexibility index (Phi) is 6.36. The number of amides is 2. The molecule has 0 unspecified atom stereocenters. The van der Waals surface area contributed by atoms with Crippen LogP contribution in [-0.4, -0.2) is 35.7 Å². The molecule has 2 amide bonds. The zero-order valence-electron chi connectivity index (χ0n) is 12.7. The average molecular weight is 345 g/mol. The molecule has 1 aliphatic rings. The molecule has 1 fully saturated rings. The molecule has 2 N–H and O–H groups in total. The van der Waals surface area contributed by atoms with Gasteiger partial charge in [-0.15, -0.1) is 0 Å². The van der Waals surface area contributed by atoms with E-state index < -0.39 is 0 Å². The highest BCUT2D eigenvalue weighted by Gasteiger charge is 2.26. The van der Waals surface area contributed by atoms with Gasteiger partial charge in [0.05, 0.1) is 0 Å². The molecule has 1 aliphatic carbocycles. The van der Waals surface area contributed by atoms with Gasteiger partial charge in [-0.25, -0.2) is 4.79 Å². The van der Waals surface area contributed by atoms with Gasteiger partial charge < -0.3 is 15.3 Å². The fourth-order valence-corrected chi connectivity index (χ4v) is 3.32. The summed E-state index contributed by atoms with van der Waals surface area (Å²) in [5.41, 5.74) is 0.844. The summed E-state index contributed by atoms with van der Waals surface area (Å²) >= 11 is 12.0. The predicted molar refractivity (Wildman–Crippen MR) is 89.3 cm³/mol. The number of hydrogen-bond acceptors (Lipinski definition) is 2. The van der Waals surface area contributed by atoms with Crippen molar-refractivity contribution >= 4 is 29.2 Å². The zero-order chi connectivity index (χ0) is 16.1. The highest BCUT2D eigenvalue weighted by molar-refractivity contribution is 6.35.